The molecule has 0 fully saturated rings. The van der Waals surface area contributed by atoms with E-state index in [0.717, 1.165) is 5.56 Å². The molecule has 6 nitrogen and oxygen atoms in total. The molecule has 136 valence electrons. The molecule has 1 N–H and O–H groups in total. The van der Waals surface area contributed by atoms with Gasteiger partial charge >= 0.3 is 0 Å². The molecule has 0 spiro atoms. The van der Waals surface area contributed by atoms with E-state index in [1.54, 1.807) is 19.1 Å². The lowest BCUT2D eigenvalue weighted by atomic mass is 10.2. The van der Waals surface area contributed by atoms with Crippen LogP contribution in [0.25, 0.3) is 11.5 Å². The van der Waals surface area contributed by atoms with E-state index in [-0.39, 0.29) is 29.6 Å². The second kappa shape index (κ2) is 7.35. The molecule has 3 aromatic rings. The summed E-state index contributed by atoms with van der Waals surface area (Å²) in [5.74, 6) is 0.208. The fraction of sp³-hybridized carbons (Fsp3) is 0.222. The van der Waals surface area contributed by atoms with Crippen molar-refractivity contribution in [3.8, 4) is 11.5 Å². The largest absolute Gasteiger partial charge is 0.421 e. The van der Waals surface area contributed by atoms with Crippen LogP contribution < -0.4 is 4.72 Å². The predicted molar refractivity (Wildman–Crippen MR) is 94.5 cm³/mol. The lowest BCUT2D eigenvalue weighted by Gasteiger charge is -2.09. The van der Waals surface area contributed by atoms with E-state index in [2.05, 4.69) is 14.9 Å². The van der Waals surface area contributed by atoms with Crippen LogP contribution in [0.2, 0.25) is 0 Å². The summed E-state index contributed by atoms with van der Waals surface area (Å²) in [6, 6.07) is 10.8. The molecule has 0 unspecified atom stereocenters. The molecule has 0 aliphatic carbocycles. The molecular weight excluding hydrogens is 357 g/mol. The second-order valence-corrected chi connectivity index (χ2v) is 7.66. The fourth-order valence-electron chi connectivity index (χ4n) is 2.53. The minimum absolute atomic E-state index is 0.126. The topological polar surface area (TPSA) is 85.1 Å². The molecule has 0 atom stereocenters. The third-order valence-electron chi connectivity index (χ3n) is 3.81. The minimum Gasteiger partial charge on any atom is -0.421 e. The lowest BCUT2D eigenvalue weighted by molar-refractivity contribution is 0.501. The lowest BCUT2D eigenvalue weighted by Crippen LogP contribution is -2.26. The van der Waals surface area contributed by atoms with Crippen molar-refractivity contribution < 1.29 is 17.2 Å². The average Bonchev–Trinajstić information content (AvgIpc) is 3.04. The van der Waals surface area contributed by atoms with Crippen molar-refractivity contribution >= 4 is 10.0 Å². The third-order valence-corrected chi connectivity index (χ3v) is 5.43. The van der Waals surface area contributed by atoms with Gasteiger partial charge in [-0.25, -0.2) is 17.5 Å². The molecule has 0 radical (unpaired) electrons. The van der Waals surface area contributed by atoms with Crippen LogP contribution in [0.4, 0.5) is 4.39 Å². The Bertz CT molecular complexity index is 1010. The van der Waals surface area contributed by atoms with Gasteiger partial charge in [-0.2, -0.15) is 0 Å². The van der Waals surface area contributed by atoms with Crippen LogP contribution in [0.1, 0.15) is 17.0 Å². The summed E-state index contributed by atoms with van der Waals surface area (Å²) in [6.07, 6.45) is 0.248. The van der Waals surface area contributed by atoms with Gasteiger partial charge in [0.05, 0.1) is 4.90 Å². The van der Waals surface area contributed by atoms with E-state index >= 15 is 0 Å². The highest BCUT2D eigenvalue weighted by Crippen LogP contribution is 2.19. The number of halogens is 1. The van der Waals surface area contributed by atoms with Gasteiger partial charge in [-0.3, -0.25) is 0 Å². The van der Waals surface area contributed by atoms with E-state index < -0.39 is 10.0 Å². The van der Waals surface area contributed by atoms with Crippen LogP contribution in [0.3, 0.4) is 0 Å². The second-order valence-electron chi connectivity index (χ2n) is 5.92. The first-order chi connectivity index (χ1) is 12.3. The number of hydrogen-bond acceptors (Lipinski definition) is 5. The first-order valence-corrected chi connectivity index (χ1v) is 9.49. The van der Waals surface area contributed by atoms with Gasteiger partial charge in [0, 0.05) is 18.5 Å². The Hall–Kier alpha value is -2.58. The summed E-state index contributed by atoms with van der Waals surface area (Å²) in [7, 11) is -3.61. The van der Waals surface area contributed by atoms with E-state index in [1.165, 1.54) is 24.3 Å². The quantitative estimate of drug-likeness (QED) is 0.716. The molecule has 3 rings (SSSR count). The van der Waals surface area contributed by atoms with E-state index in [4.69, 9.17) is 4.42 Å². The first-order valence-electron chi connectivity index (χ1n) is 8.00. The molecule has 0 saturated carbocycles. The van der Waals surface area contributed by atoms with Gasteiger partial charge in [0.1, 0.15) is 5.82 Å². The molecule has 8 heteroatoms. The third kappa shape index (κ3) is 4.14. The fourth-order valence-corrected chi connectivity index (χ4v) is 3.79. The highest BCUT2D eigenvalue weighted by molar-refractivity contribution is 7.89. The molecule has 1 aromatic heterocycles. The number of aryl methyl sites for hydroxylation is 2. The average molecular weight is 375 g/mol. The SMILES string of the molecule is Cc1ccc(S(=O)(=O)NCCc2nnc(-c3ccc(F)cc3)o2)c(C)c1. The molecule has 0 amide bonds. The Labute approximate surface area is 151 Å². The molecule has 0 saturated heterocycles. The molecular formula is C18H18FN3O3S. The molecule has 26 heavy (non-hydrogen) atoms. The van der Waals surface area contributed by atoms with Crippen molar-refractivity contribution in [3.05, 3.63) is 65.3 Å². The van der Waals surface area contributed by atoms with E-state index in [0.29, 0.717) is 17.0 Å². The highest BCUT2D eigenvalue weighted by Gasteiger charge is 2.17. The van der Waals surface area contributed by atoms with Crippen molar-refractivity contribution in [2.24, 2.45) is 0 Å². The van der Waals surface area contributed by atoms with Crippen molar-refractivity contribution in [1.29, 1.82) is 0 Å². The van der Waals surface area contributed by atoms with Crippen LogP contribution in [0.15, 0.2) is 51.8 Å². The number of rotatable bonds is 6. The highest BCUT2D eigenvalue weighted by atomic mass is 32.2. The zero-order valence-electron chi connectivity index (χ0n) is 14.4. The van der Waals surface area contributed by atoms with E-state index in [9.17, 15) is 12.8 Å². The maximum absolute atomic E-state index is 12.9. The minimum atomic E-state index is -3.61. The Morgan fingerprint density at radius 1 is 1.08 bits per heavy atom. The van der Waals surface area contributed by atoms with Gasteiger partial charge in [-0.05, 0) is 49.7 Å². The van der Waals surface area contributed by atoms with Gasteiger partial charge in [0.15, 0.2) is 0 Å². The monoisotopic (exact) mass is 375 g/mol. The number of benzene rings is 2. The van der Waals surface area contributed by atoms with Crippen LogP contribution in [-0.4, -0.2) is 25.2 Å². The van der Waals surface area contributed by atoms with Crippen LogP contribution in [0, 0.1) is 19.7 Å². The first kappa shape index (κ1) is 18.2. The molecule has 0 bridgehead atoms. The smallest absolute Gasteiger partial charge is 0.247 e. The van der Waals surface area contributed by atoms with Gasteiger partial charge in [-0.1, -0.05) is 17.7 Å². The van der Waals surface area contributed by atoms with Crippen LogP contribution in [-0.2, 0) is 16.4 Å². The van der Waals surface area contributed by atoms with E-state index in [1.807, 2.05) is 13.0 Å². The standard InChI is InChI=1S/C18H18FN3O3S/c1-12-3-8-16(13(2)11-12)26(23,24)20-10-9-17-21-22-18(25-17)14-4-6-15(19)7-5-14/h3-8,11,20H,9-10H2,1-2H3. The summed E-state index contributed by atoms with van der Waals surface area (Å²) in [5, 5.41) is 7.79. The van der Waals surface area contributed by atoms with Crippen molar-refractivity contribution in [2.75, 3.05) is 6.54 Å². The molecule has 2 aromatic carbocycles. The summed E-state index contributed by atoms with van der Waals surface area (Å²) in [4.78, 5) is 0.251. The van der Waals surface area contributed by atoms with Crippen molar-refractivity contribution in [1.82, 2.24) is 14.9 Å². The van der Waals surface area contributed by atoms with Gasteiger partial charge in [-0.15, -0.1) is 10.2 Å². The maximum Gasteiger partial charge on any atom is 0.247 e. The molecule has 1 heterocycles. The number of hydrogen-bond donors (Lipinski definition) is 1. The molecule has 0 aliphatic rings. The summed E-state index contributed by atoms with van der Waals surface area (Å²) >= 11 is 0. The Morgan fingerprint density at radius 3 is 2.50 bits per heavy atom. The van der Waals surface area contributed by atoms with Crippen LogP contribution in [0.5, 0.6) is 0 Å². The normalized spacial score (nSPS) is 11.7. The van der Waals surface area contributed by atoms with Crippen molar-refractivity contribution in [3.63, 3.8) is 0 Å². The predicted octanol–water partition coefficient (Wildman–Crippen LogP) is 3.01. The number of sulfonamides is 1. The summed E-state index contributed by atoms with van der Waals surface area (Å²) in [6.45, 7) is 3.79. The number of aromatic nitrogens is 2. The Kier molecular flexibility index (Phi) is 5.15. The number of nitrogens with zero attached hydrogens (tertiary/aromatic N) is 2. The zero-order valence-corrected chi connectivity index (χ0v) is 15.2. The van der Waals surface area contributed by atoms with Gasteiger partial charge < -0.3 is 4.42 Å². The van der Waals surface area contributed by atoms with Crippen molar-refractivity contribution in [2.45, 2.75) is 25.2 Å². The number of nitrogens with one attached hydrogen (secondary N) is 1. The van der Waals surface area contributed by atoms with Gasteiger partial charge in [0.2, 0.25) is 21.8 Å². The summed E-state index contributed by atoms with van der Waals surface area (Å²) in [5.41, 5.74) is 2.29. The Balaban J connectivity index is 1.64. The Morgan fingerprint density at radius 2 is 1.81 bits per heavy atom. The summed E-state index contributed by atoms with van der Waals surface area (Å²) < 4.78 is 45.8. The molecule has 0 aliphatic heterocycles. The zero-order chi connectivity index (χ0) is 18.7. The maximum atomic E-state index is 12.9. The van der Waals surface area contributed by atoms with Crippen LogP contribution >= 0.6 is 0 Å². The van der Waals surface area contributed by atoms with Gasteiger partial charge in [0.25, 0.3) is 0 Å².